The molecular weight excluding hydrogens is 316 g/mol. The molecule has 1 atom stereocenters. The van der Waals surface area contributed by atoms with Gasteiger partial charge in [-0.2, -0.15) is 4.98 Å². The maximum absolute atomic E-state index is 5.40. The van der Waals surface area contributed by atoms with Gasteiger partial charge in [0.25, 0.3) is 0 Å². The lowest BCUT2D eigenvalue weighted by molar-refractivity contribution is 0.164. The van der Waals surface area contributed by atoms with E-state index in [0.717, 1.165) is 55.8 Å². The van der Waals surface area contributed by atoms with E-state index in [2.05, 4.69) is 51.8 Å². The topological polar surface area (TPSA) is 71.2 Å². The molecule has 136 valence electrons. The number of anilines is 1. The van der Waals surface area contributed by atoms with Gasteiger partial charge in [0, 0.05) is 50.3 Å². The van der Waals surface area contributed by atoms with Crippen LogP contribution in [0.2, 0.25) is 0 Å². The summed E-state index contributed by atoms with van der Waals surface area (Å²) in [6, 6.07) is 2.23. The molecule has 25 heavy (non-hydrogen) atoms. The van der Waals surface area contributed by atoms with Crippen LogP contribution in [0.3, 0.4) is 0 Å². The Morgan fingerprint density at radius 1 is 1.08 bits per heavy atom. The highest BCUT2D eigenvalue weighted by molar-refractivity contribution is 5.40. The molecule has 3 rings (SSSR count). The van der Waals surface area contributed by atoms with Crippen molar-refractivity contribution >= 4 is 5.82 Å². The fourth-order valence-electron chi connectivity index (χ4n) is 3.07. The molecule has 0 radical (unpaired) electrons. The van der Waals surface area contributed by atoms with Crippen LogP contribution in [-0.4, -0.2) is 51.2 Å². The van der Waals surface area contributed by atoms with Gasteiger partial charge in [0.15, 0.2) is 5.82 Å². The van der Waals surface area contributed by atoms with Gasteiger partial charge in [-0.15, -0.1) is 0 Å². The van der Waals surface area contributed by atoms with Crippen molar-refractivity contribution < 1.29 is 4.52 Å². The Labute approximate surface area is 149 Å². The van der Waals surface area contributed by atoms with Crippen molar-refractivity contribution in [2.75, 3.05) is 31.1 Å². The van der Waals surface area contributed by atoms with Gasteiger partial charge in [-0.05, 0) is 13.8 Å². The summed E-state index contributed by atoms with van der Waals surface area (Å²) in [6.07, 6.45) is 0.801. The average Bonchev–Trinajstić information content (AvgIpc) is 3.10. The lowest BCUT2D eigenvalue weighted by atomic mass is 10.2. The Morgan fingerprint density at radius 3 is 2.40 bits per heavy atom. The van der Waals surface area contributed by atoms with Crippen LogP contribution in [0, 0.1) is 6.92 Å². The van der Waals surface area contributed by atoms with E-state index in [9.17, 15) is 0 Å². The molecule has 0 bridgehead atoms. The smallest absolute Gasteiger partial charge is 0.243 e. The third-order valence-electron chi connectivity index (χ3n) is 4.72. The van der Waals surface area contributed by atoms with E-state index < -0.39 is 0 Å². The number of piperazine rings is 1. The molecule has 0 amide bonds. The third-order valence-corrected chi connectivity index (χ3v) is 4.72. The van der Waals surface area contributed by atoms with Crippen molar-refractivity contribution in [3.63, 3.8) is 0 Å². The van der Waals surface area contributed by atoms with E-state index >= 15 is 0 Å². The van der Waals surface area contributed by atoms with Gasteiger partial charge in [0.2, 0.25) is 5.89 Å². The zero-order chi connectivity index (χ0) is 18.0. The van der Waals surface area contributed by atoms with Crippen molar-refractivity contribution in [3.05, 3.63) is 29.3 Å². The normalized spacial score (nSPS) is 17.3. The Hall–Kier alpha value is -2.02. The van der Waals surface area contributed by atoms with Crippen molar-refractivity contribution in [1.29, 1.82) is 0 Å². The lowest BCUT2D eigenvalue weighted by Crippen LogP contribution is -2.47. The fraction of sp³-hybridized carbons (Fsp3) is 0.667. The second-order valence-corrected chi connectivity index (χ2v) is 6.98. The first kappa shape index (κ1) is 17.8. The number of hydrogen-bond acceptors (Lipinski definition) is 7. The average molecular weight is 344 g/mol. The number of hydrogen-bond donors (Lipinski definition) is 0. The Balaban J connectivity index is 1.65. The minimum Gasteiger partial charge on any atom is -0.354 e. The monoisotopic (exact) mass is 344 g/mol. The molecule has 0 aromatic carbocycles. The minimum absolute atomic E-state index is 0.147. The van der Waals surface area contributed by atoms with Crippen LogP contribution in [0.1, 0.15) is 62.9 Å². The Morgan fingerprint density at radius 2 is 1.80 bits per heavy atom. The maximum atomic E-state index is 5.40. The Bertz CT molecular complexity index is 705. The highest BCUT2D eigenvalue weighted by Crippen LogP contribution is 2.23. The summed E-state index contributed by atoms with van der Waals surface area (Å²) in [4.78, 5) is 18.5. The van der Waals surface area contributed by atoms with Crippen LogP contribution >= 0.6 is 0 Å². The summed E-state index contributed by atoms with van der Waals surface area (Å²) in [5, 5.41) is 4.01. The number of aryl methyl sites for hydroxylation is 2. The molecule has 1 saturated heterocycles. The van der Waals surface area contributed by atoms with E-state index in [4.69, 9.17) is 9.51 Å². The summed E-state index contributed by atoms with van der Waals surface area (Å²) in [5.41, 5.74) is 1.03. The van der Waals surface area contributed by atoms with Crippen LogP contribution in [0.4, 0.5) is 5.82 Å². The van der Waals surface area contributed by atoms with Crippen LogP contribution in [0.25, 0.3) is 0 Å². The highest BCUT2D eigenvalue weighted by Gasteiger charge is 2.26. The minimum atomic E-state index is 0.147. The van der Waals surface area contributed by atoms with Gasteiger partial charge in [-0.3, -0.25) is 4.90 Å². The maximum Gasteiger partial charge on any atom is 0.243 e. The number of nitrogens with zero attached hydrogens (tertiary/aromatic N) is 6. The van der Waals surface area contributed by atoms with E-state index in [1.165, 1.54) is 0 Å². The SMILES string of the molecule is CCc1noc(C(C)N2CCN(c3cc(C)nc(C(C)C)n3)CC2)n1. The summed E-state index contributed by atoms with van der Waals surface area (Å²) in [5.74, 6) is 3.78. The van der Waals surface area contributed by atoms with Gasteiger partial charge in [0.05, 0.1) is 6.04 Å². The molecule has 0 aliphatic carbocycles. The van der Waals surface area contributed by atoms with E-state index in [1.807, 2.05) is 13.8 Å². The standard InChI is InChI=1S/C18H28N6O/c1-6-15-20-18(25-22-15)14(5)23-7-9-24(10-8-23)16-11-13(4)19-17(21-16)12(2)3/h11-12,14H,6-10H2,1-5H3. The second-order valence-electron chi connectivity index (χ2n) is 6.98. The van der Waals surface area contributed by atoms with Gasteiger partial charge in [-0.25, -0.2) is 9.97 Å². The molecule has 1 fully saturated rings. The molecule has 1 aliphatic rings. The largest absolute Gasteiger partial charge is 0.354 e. The lowest BCUT2D eigenvalue weighted by Gasteiger charge is -2.37. The van der Waals surface area contributed by atoms with Crippen LogP contribution in [0.15, 0.2) is 10.6 Å². The molecule has 0 saturated carbocycles. The van der Waals surface area contributed by atoms with Gasteiger partial charge in [-0.1, -0.05) is 25.9 Å². The molecule has 0 spiro atoms. The number of rotatable bonds is 5. The summed E-state index contributed by atoms with van der Waals surface area (Å²) >= 11 is 0. The molecular formula is C18H28N6O. The quantitative estimate of drug-likeness (QED) is 0.826. The summed E-state index contributed by atoms with van der Waals surface area (Å²) in [7, 11) is 0. The Kier molecular flexibility index (Phi) is 5.32. The molecule has 7 nitrogen and oxygen atoms in total. The molecule has 0 N–H and O–H groups in total. The zero-order valence-corrected chi connectivity index (χ0v) is 15.9. The van der Waals surface area contributed by atoms with E-state index in [1.54, 1.807) is 0 Å². The second kappa shape index (κ2) is 7.47. The van der Waals surface area contributed by atoms with Crippen molar-refractivity contribution in [2.45, 2.75) is 53.0 Å². The van der Waals surface area contributed by atoms with E-state index in [-0.39, 0.29) is 6.04 Å². The molecule has 2 aromatic rings. The molecule has 2 aromatic heterocycles. The first-order chi connectivity index (χ1) is 12.0. The van der Waals surface area contributed by atoms with Crippen LogP contribution < -0.4 is 4.90 Å². The summed E-state index contributed by atoms with van der Waals surface area (Å²) < 4.78 is 5.40. The molecule has 1 unspecified atom stereocenters. The first-order valence-electron chi connectivity index (χ1n) is 9.15. The molecule has 1 aliphatic heterocycles. The summed E-state index contributed by atoms with van der Waals surface area (Å²) in [6.45, 7) is 14.2. The third kappa shape index (κ3) is 3.98. The van der Waals surface area contributed by atoms with Crippen molar-refractivity contribution in [3.8, 4) is 0 Å². The van der Waals surface area contributed by atoms with Gasteiger partial charge >= 0.3 is 0 Å². The predicted octanol–water partition coefficient (Wildman–Crippen LogP) is 2.74. The van der Waals surface area contributed by atoms with Crippen LogP contribution in [-0.2, 0) is 6.42 Å². The van der Waals surface area contributed by atoms with Crippen molar-refractivity contribution in [2.24, 2.45) is 0 Å². The highest BCUT2D eigenvalue weighted by atomic mass is 16.5. The fourth-order valence-corrected chi connectivity index (χ4v) is 3.07. The van der Waals surface area contributed by atoms with Gasteiger partial charge < -0.3 is 9.42 Å². The molecule has 3 heterocycles. The van der Waals surface area contributed by atoms with E-state index in [0.29, 0.717) is 11.8 Å². The molecule has 7 heteroatoms. The predicted molar refractivity (Wildman–Crippen MR) is 96.7 cm³/mol. The van der Waals surface area contributed by atoms with Crippen LogP contribution in [0.5, 0.6) is 0 Å². The van der Waals surface area contributed by atoms with Crippen molar-refractivity contribution in [1.82, 2.24) is 25.0 Å². The number of aromatic nitrogens is 4. The zero-order valence-electron chi connectivity index (χ0n) is 15.9. The first-order valence-corrected chi connectivity index (χ1v) is 9.15. The van der Waals surface area contributed by atoms with Gasteiger partial charge in [0.1, 0.15) is 11.6 Å².